The van der Waals surface area contributed by atoms with Crippen LogP contribution in [0, 0.1) is 28.9 Å². The lowest BCUT2D eigenvalue weighted by Gasteiger charge is -2.28. The van der Waals surface area contributed by atoms with Crippen molar-refractivity contribution in [1.29, 1.82) is 5.26 Å². The Labute approximate surface area is 136 Å². The predicted molar refractivity (Wildman–Crippen MR) is 83.2 cm³/mol. The molecule has 1 aliphatic carbocycles. The summed E-state index contributed by atoms with van der Waals surface area (Å²) in [5.74, 6) is -2.01. The van der Waals surface area contributed by atoms with Gasteiger partial charge in [0.25, 0.3) is 0 Å². The molecule has 0 spiro atoms. The highest BCUT2D eigenvalue weighted by atomic mass is 19.2. The lowest BCUT2D eigenvalue weighted by Crippen LogP contribution is -2.25. The third kappa shape index (κ3) is 4.90. The van der Waals surface area contributed by atoms with Crippen LogP contribution in [0.4, 0.5) is 8.78 Å². The fourth-order valence-electron chi connectivity index (χ4n) is 2.80. The highest BCUT2D eigenvalue weighted by molar-refractivity contribution is 5.37. The van der Waals surface area contributed by atoms with Gasteiger partial charge in [0.15, 0.2) is 11.6 Å². The molecule has 0 unspecified atom stereocenters. The van der Waals surface area contributed by atoms with Crippen LogP contribution < -0.4 is 4.74 Å². The summed E-state index contributed by atoms with van der Waals surface area (Å²) in [6.07, 6.45) is 6.46. The summed E-state index contributed by atoms with van der Waals surface area (Å²) >= 11 is 0. The number of unbranched alkanes of at least 4 members (excludes halogenated alkanes) is 1. The second kappa shape index (κ2) is 8.83. The number of nitriles is 1. The third-order valence-electron chi connectivity index (χ3n) is 4.29. The molecule has 0 aliphatic heterocycles. The molecule has 0 atom stereocenters. The van der Waals surface area contributed by atoms with Crippen LogP contribution in [0.2, 0.25) is 0 Å². The van der Waals surface area contributed by atoms with E-state index in [-0.39, 0.29) is 11.3 Å². The summed E-state index contributed by atoms with van der Waals surface area (Å²) in [5, 5.41) is 8.66. The highest BCUT2D eigenvalue weighted by Crippen LogP contribution is 2.28. The maximum Gasteiger partial charge on any atom is 0.201 e. The molecule has 1 fully saturated rings. The molecule has 1 aromatic carbocycles. The monoisotopic (exact) mass is 323 g/mol. The van der Waals surface area contributed by atoms with Gasteiger partial charge in [0, 0.05) is 6.61 Å². The average molecular weight is 323 g/mol. The van der Waals surface area contributed by atoms with Crippen LogP contribution in [0.15, 0.2) is 12.1 Å². The molecule has 0 amide bonds. The maximum absolute atomic E-state index is 13.8. The second-order valence-corrected chi connectivity index (χ2v) is 6.03. The molecule has 0 saturated heterocycles. The Balaban J connectivity index is 1.78. The van der Waals surface area contributed by atoms with Crippen molar-refractivity contribution in [2.45, 2.75) is 51.6 Å². The number of halogens is 2. The number of hydrogen-bond donors (Lipinski definition) is 0. The Hall–Kier alpha value is -1.67. The molecule has 23 heavy (non-hydrogen) atoms. The molecular formula is C18H23F2NO2. The first-order valence-electron chi connectivity index (χ1n) is 8.28. The number of benzene rings is 1. The van der Waals surface area contributed by atoms with E-state index < -0.39 is 11.6 Å². The van der Waals surface area contributed by atoms with Crippen LogP contribution in [0.1, 0.15) is 51.0 Å². The minimum absolute atomic E-state index is 0.122. The van der Waals surface area contributed by atoms with E-state index in [4.69, 9.17) is 14.7 Å². The van der Waals surface area contributed by atoms with E-state index in [0.29, 0.717) is 18.6 Å². The van der Waals surface area contributed by atoms with Gasteiger partial charge in [0.05, 0.1) is 18.3 Å². The molecule has 1 aromatic rings. The first kappa shape index (κ1) is 17.7. The summed E-state index contributed by atoms with van der Waals surface area (Å²) in [4.78, 5) is 0. The minimum atomic E-state index is -1.14. The summed E-state index contributed by atoms with van der Waals surface area (Å²) in [7, 11) is 0. The van der Waals surface area contributed by atoms with Crippen molar-refractivity contribution in [3.05, 3.63) is 29.3 Å². The molecule has 1 saturated carbocycles. The van der Waals surface area contributed by atoms with Crippen LogP contribution in [0.3, 0.4) is 0 Å². The van der Waals surface area contributed by atoms with Crippen LogP contribution in [0.25, 0.3) is 0 Å². The SMILES string of the molecule is CCCCOC1CCC(COc2ccc(C#N)c(F)c2F)CC1. The summed E-state index contributed by atoms with van der Waals surface area (Å²) in [6.45, 7) is 3.32. The maximum atomic E-state index is 13.8. The van der Waals surface area contributed by atoms with Gasteiger partial charge in [0.1, 0.15) is 6.07 Å². The van der Waals surface area contributed by atoms with Crippen molar-refractivity contribution in [3.63, 3.8) is 0 Å². The first-order valence-corrected chi connectivity index (χ1v) is 8.28. The molecule has 0 N–H and O–H groups in total. The minimum Gasteiger partial charge on any atom is -0.490 e. The predicted octanol–water partition coefficient (Wildman–Crippen LogP) is 4.59. The zero-order valence-electron chi connectivity index (χ0n) is 13.5. The standard InChI is InChI=1S/C18H23F2NO2/c1-2-3-10-22-15-7-4-13(5-8-15)12-23-16-9-6-14(11-21)17(19)18(16)20/h6,9,13,15H,2-5,7-8,10,12H2,1H3. The normalized spacial score (nSPS) is 21.0. The molecule has 1 aliphatic rings. The Kier molecular flexibility index (Phi) is 6.79. The molecule has 0 bridgehead atoms. The Morgan fingerprint density at radius 3 is 2.57 bits per heavy atom. The number of hydrogen-bond acceptors (Lipinski definition) is 3. The topological polar surface area (TPSA) is 42.2 Å². The average Bonchev–Trinajstić information content (AvgIpc) is 2.58. The van der Waals surface area contributed by atoms with Crippen molar-refractivity contribution >= 4 is 0 Å². The zero-order chi connectivity index (χ0) is 16.7. The van der Waals surface area contributed by atoms with Crippen molar-refractivity contribution < 1.29 is 18.3 Å². The van der Waals surface area contributed by atoms with Gasteiger partial charge in [-0.3, -0.25) is 0 Å². The quantitative estimate of drug-likeness (QED) is 0.689. The van der Waals surface area contributed by atoms with E-state index in [0.717, 1.165) is 45.1 Å². The molecule has 126 valence electrons. The highest BCUT2D eigenvalue weighted by Gasteiger charge is 2.23. The van der Waals surface area contributed by atoms with E-state index >= 15 is 0 Å². The molecule has 0 aromatic heterocycles. The lowest BCUT2D eigenvalue weighted by atomic mass is 9.88. The summed E-state index contributed by atoms with van der Waals surface area (Å²) < 4.78 is 38.5. The van der Waals surface area contributed by atoms with Gasteiger partial charge in [-0.2, -0.15) is 9.65 Å². The first-order chi connectivity index (χ1) is 11.2. The van der Waals surface area contributed by atoms with Crippen LogP contribution in [0.5, 0.6) is 5.75 Å². The largest absolute Gasteiger partial charge is 0.490 e. The van der Waals surface area contributed by atoms with E-state index in [2.05, 4.69) is 6.92 Å². The van der Waals surface area contributed by atoms with Crippen LogP contribution in [-0.4, -0.2) is 19.3 Å². The van der Waals surface area contributed by atoms with Crippen LogP contribution in [-0.2, 0) is 4.74 Å². The lowest BCUT2D eigenvalue weighted by molar-refractivity contribution is 0.0114. The third-order valence-corrected chi connectivity index (χ3v) is 4.29. The molecular weight excluding hydrogens is 300 g/mol. The molecule has 0 heterocycles. The van der Waals surface area contributed by atoms with Crippen LogP contribution >= 0.6 is 0 Å². The second-order valence-electron chi connectivity index (χ2n) is 6.03. The Morgan fingerprint density at radius 2 is 1.91 bits per heavy atom. The number of nitrogens with zero attached hydrogens (tertiary/aromatic N) is 1. The van der Waals surface area contributed by atoms with Gasteiger partial charge < -0.3 is 9.47 Å². The number of ether oxygens (including phenoxy) is 2. The van der Waals surface area contributed by atoms with Crippen molar-refractivity contribution in [3.8, 4) is 11.8 Å². The van der Waals surface area contributed by atoms with Gasteiger partial charge in [-0.25, -0.2) is 4.39 Å². The smallest absolute Gasteiger partial charge is 0.201 e. The number of rotatable bonds is 7. The Morgan fingerprint density at radius 1 is 1.17 bits per heavy atom. The van der Waals surface area contributed by atoms with Gasteiger partial charge in [-0.05, 0) is 50.2 Å². The van der Waals surface area contributed by atoms with Gasteiger partial charge >= 0.3 is 0 Å². The Bertz CT molecular complexity index is 549. The van der Waals surface area contributed by atoms with Crippen molar-refractivity contribution in [1.82, 2.24) is 0 Å². The van der Waals surface area contributed by atoms with E-state index in [1.165, 1.54) is 12.1 Å². The van der Waals surface area contributed by atoms with Crippen molar-refractivity contribution in [2.75, 3.05) is 13.2 Å². The van der Waals surface area contributed by atoms with Gasteiger partial charge in [-0.1, -0.05) is 13.3 Å². The van der Waals surface area contributed by atoms with E-state index in [1.807, 2.05) is 0 Å². The molecule has 3 nitrogen and oxygen atoms in total. The zero-order valence-corrected chi connectivity index (χ0v) is 13.5. The molecule has 5 heteroatoms. The van der Waals surface area contributed by atoms with Gasteiger partial charge in [0.2, 0.25) is 5.82 Å². The van der Waals surface area contributed by atoms with Crippen molar-refractivity contribution in [2.24, 2.45) is 5.92 Å². The van der Waals surface area contributed by atoms with E-state index in [9.17, 15) is 8.78 Å². The fraction of sp³-hybridized carbons (Fsp3) is 0.611. The van der Waals surface area contributed by atoms with E-state index in [1.54, 1.807) is 6.07 Å². The summed E-state index contributed by atoms with van der Waals surface area (Å²) in [5.41, 5.74) is -0.306. The molecule has 0 radical (unpaired) electrons. The summed E-state index contributed by atoms with van der Waals surface area (Å²) in [6, 6.07) is 4.17. The fourth-order valence-corrected chi connectivity index (χ4v) is 2.80. The van der Waals surface area contributed by atoms with Gasteiger partial charge in [-0.15, -0.1) is 0 Å². The molecule has 2 rings (SSSR count).